The Bertz CT molecular complexity index is 616. The highest BCUT2D eigenvalue weighted by Gasteiger charge is 2.19. The Balaban J connectivity index is 1.81. The summed E-state index contributed by atoms with van der Waals surface area (Å²) < 4.78 is 5.35. The molecule has 2 aromatic rings. The summed E-state index contributed by atoms with van der Waals surface area (Å²) in [4.78, 5) is 2.48. The highest BCUT2D eigenvalue weighted by Crippen LogP contribution is 2.36. The summed E-state index contributed by atoms with van der Waals surface area (Å²) in [5.41, 5.74) is 2.33. The van der Waals surface area contributed by atoms with Crippen molar-refractivity contribution in [3.8, 4) is 5.75 Å². The number of hydrogen-bond acceptors (Lipinski definition) is 4. The average molecular weight is 341 g/mol. The number of methoxy groups -OCH3 is 1. The van der Waals surface area contributed by atoms with Gasteiger partial charge in [0.2, 0.25) is 0 Å². The van der Waals surface area contributed by atoms with Gasteiger partial charge in [0.1, 0.15) is 5.75 Å². The van der Waals surface area contributed by atoms with Crippen LogP contribution in [-0.2, 0) is 18.6 Å². The van der Waals surface area contributed by atoms with E-state index in [9.17, 15) is 5.11 Å². The summed E-state index contributed by atoms with van der Waals surface area (Å²) in [5, 5.41) is 11.2. The Labute approximate surface area is 138 Å². The number of ether oxygens (including phenoxy) is 1. The van der Waals surface area contributed by atoms with E-state index in [0.29, 0.717) is 11.4 Å². The van der Waals surface area contributed by atoms with Gasteiger partial charge in [0.25, 0.3) is 0 Å². The number of hydrogen-bond donors (Lipinski definition) is 1. The minimum atomic E-state index is -0.502. The monoisotopic (exact) mass is 340 g/mol. The second-order valence-corrected chi connectivity index (χ2v) is 7.79. The average Bonchev–Trinajstić information content (AvgIpc) is 2.91. The summed E-state index contributed by atoms with van der Waals surface area (Å²) in [7, 11) is 1.64. The van der Waals surface area contributed by atoms with Gasteiger partial charge in [-0.05, 0) is 47.6 Å². The molecule has 1 aliphatic rings. The van der Waals surface area contributed by atoms with Crippen LogP contribution < -0.4 is 4.74 Å². The molecule has 0 saturated carbocycles. The van der Waals surface area contributed by atoms with E-state index in [-0.39, 0.29) is 0 Å². The van der Waals surface area contributed by atoms with Crippen molar-refractivity contribution in [1.82, 2.24) is 0 Å². The fourth-order valence-electron chi connectivity index (χ4n) is 2.55. The molecule has 1 atom stereocenters. The van der Waals surface area contributed by atoms with Crippen molar-refractivity contribution in [3.63, 3.8) is 0 Å². The minimum Gasteiger partial charge on any atom is -0.496 e. The lowest BCUT2D eigenvalue weighted by Gasteiger charge is -2.12. The number of halogens is 1. The van der Waals surface area contributed by atoms with E-state index < -0.39 is 6.10 Å². The Morgan fingerprint density at radius 1 is 1.38 bits per heavy atom. The van der Waals surface area contributed by atoms with Gasteiger partial charge < -0.3 is 9.84 Å². The molecule has 0 fully saturated rings. The molecule has 0 bridgehead atoms. The SMILES string of the molecule is COc1ccc(Cl)cc1CC(O)c1cc2c(s1)CCSC2. The van der Waals surface area contributed by atoms with E-state index >= 15 is 0 Å². The van der Waals surface area contributed by atoms with Crippen LogP contribution in [0.3, 0.4) is 0 Å². The van der Waals surface area contributed by atoms with Crippen molar-refractivity contribution in [1.29, 1.82) is 0 Å². The topological polar surface area (TPSA) is 29.5 Å². The number of fused-ring (bicyclic) bond motifs is 1. The number of thiophene rings is 1. The lowest BCUT2D eigenvalue weighted by Crippen LogP contribution is -2.01. The lowest BCUT2D eigenvalue weighted by molar-refractivity contribution is 0.181. The number of aliphatic hydroxyl groups is 1. The van der Waals surface area contributed by atoms with Gasteiger partial charge in [0, 0.05) is 27.0 Å². The van der Waals surface area contributed by atoms with Crippen LogP contribution in [0, 0.1) is 0 Å². The highest BCUT2D eigenvalue weighted by molar-refractivity contribution is 7.98. The van der Waals surface area contributed by atoms with Crippen molar-refractivity contribution >= 4 is 34.7 Å². The molecule has 2 heterocycles. The number of thioether (sulfide) groups is 1. The van der Waals surface area contributed by atoms with Gasteiger partial charge in [-0.1, -0.05) is 11.6 Å². The molecular weight excluding hydrogens is 324 g/mol. The first kappa shape index (κ1) is 15.2. The zero-order chi connectivity index (χ0) is 14.8. The smallest absolute Gasteiger partial charge is 0.122 e. The number of rotatable bonds is 4. The van der Waals surface area contributed by atoms with Crippen LogP contribution >= 0.6 is 34.7 Å². The maximum absolute atomic E-state index is 10.5. The van der Waals surface area contributed by atoms with Crippen molar-refractivity contribution in [2.45, 2.75) is 24.7 Å². The van der Waals surface area contributed by atoms with Crippen LogP contribution in [0.25, 0.3) is 0 Å². The van der Waals surface area contributed by atoms with E-state index in [1.807, 2.05) is 23.9 Å². The molecule has 1 aliphatic heterocycles. The first-order valence-corrected chi connectivity index (χ1v) is 9.22. The van der Waals surface area contributed by atoms with E-state index in [4.69, 9.17) is 16.3 Å². The van der Waals surface area contributed by atoms with E-state index in [1.165, 1.54) is 16.2 Å². The zero-order valence-corrected chi connectivity index (χ0v) is 14.2. The van der Waals surface area contributed by atoms with Gasteiger partial charge in [0.05, 0.1) is 13.2 Å². The van der Waals surface area contributed by atoms with Gasteiger partial charge in [-0.25, -0.2) is 0 Å². The van der Waals surface area contributed by atoms with Gasteiger partial charge in [-0.2, -0.15) is 11.8 Å². The van der Waals surface area contributed by atoms with E-state index in [1.54, 1.807) is 24.5 Å². The lowest BCUT2D eigenvalue weighted by atomic mass is 10.1. The van der Waals surface area contributed by atoms with E-state index in [0.717, 1.165) is 28.4 Å². The van der Waals surface area contributed by atoms with Gasteiger partial charge in [-0.3, -0.25) is 0 Å². The molecular formula is C16H17ClO2S2. The summed E-state index contributed by atoms with van der Waals surface area (Å²) in [6.45, 7) is 0. The molecule has 1 aromatic heterocycles. The van der Waals surface area contributed by atoms with Gasteiger partial charge >= 0.3 is 0 Å². The molecule has 0 spiro atoms. The number of benzene rings is 1. The quantitative estimate of drug-likeness (QED) is 0.890. The van der Waals surface area contributed by atoms with E-state index in [2.05, 4.69) is 6.07 Å². The van der Waals surface area contributed by atoms with Crippen molar-refractivity contribution in [2.24, 2.45) is 0 Å². The second kappa shape index (κ2) is 6.61. The molecule has 0 radical (unpaired) electrons. The molecule has 0 aliphatic carbocycles. The molecule has 2 nitrogen and oxygen atoms in total. The summed E-state index contributed by atoms with van der Waals surface area (Å²) in [6.07, 6.45) is 1.15. The van der Waals surface area contributed by atoms with Crippen LogP contribution in [0.1, 0.15) is 27.0 Å². The molecule has 0 amide bonds. The fourth-order valence-corrected chi connectivity index (χ4v) is 5.11. The first-order chi connectivity index (χ1) is 10.2. The summed E-state index contributed by atoms with van der Waals surface area (Å²) in [6, 6.07) is 7.68. The summed E-state index contributed by atoms with van der Waals surface area (Å²) in [5.74, 6) is 3.03. The third-order valence-corrected chi connectivity index (χ3v) is 6.21. The Kier molecular flexibility index (Phi) is 4.79. The van der Waals surface area contributed by atoms with Crippen LogP contribution in [0.5, 0.6) is 5.75 Å². The summed E-state index contributed by atoms with van der Waals surface area (Å²) >= 11 is 9.75. The van der Waals surface area contributed by atoms with Gasteiger partial charge in [-0.15, -0.1) is 11.3 Å². The van der Waals surface area contributed by atoms with Crippen molar-refractivity contribution in [2.75, 3.05) is 12.9 Å². The molecule has 1 unspecified atom stereocenters. The third-order valence-electron chi connectivity index (χ3n) is 3.63. The second-order valence-electron chi connectivity index (χ2n) is 5.08. The molecule has 21 heavy (non-hydrogen) atoms. The van der Waals surface area contributed by atoms with Crippen LogP contribution in [-0.4, -0.2) is 18.0 Å². The predicted molar refractivity (Wildman–Crippen MR) is 90.9 cm³/mol. The number of aliphatic hydroxyl groups excluding tert-OH is 1. The molecule has 1 N–H and O–H groups in total. The minimum absolute atomic E-state index is 0.502. The van der Waals surface area contributed by atoms with Gasteiger partial charge in [0.15, 0.2) is 0 Å². The molecule has 3 rings (SSSR count). The van der Waals surface area contributed by atoms with Crippen LogP contribution in [0.4, 0.5) is 0 Å². The maximum Gasteiger partial charge on any atom is 0.122 e. The highest BCUT2D eigenvalue weighted by atomic mass is 35.5. The Morgan fingerprint density at radius 2 is 2.24 bits per heavy atom. The molecule has 1 aromatic carbocycles. The van der Waals surface area contributed by atoms with Crippen molar-refractivity contribution < 1.29 is 9.84 Å². The predicted octanol–water partition coefficient (Wildman–Crippen LogP) is 4.48. The normalized spacial score (nSPS) is 15.6. The third kappa shape index (κ3) is 3.39. The molecule has 0 saturated heterocycles. The fraction of sp³-hybridized carbons (Fsp3) is 0.375. The Hall–Kier alpha value is -0.680. The largest absolute Gasteiger partial charge is 0.496 e. The maximum atomic E-state index is 10.5. The molecule has 112 valence electrons. The number of aryl methyl sites for hydroxylation is 1. The van der Waals surface area contributed by atoms with Crippen LogP contribution in [0.15, 0.2) is 24.3 Å². The standard InChI is InChI=1S/C16H17ClO2S2/c1-19-14-3-2-12(17)6-10(14)7-13(18)16-8-11-9-20-5-4-15(11)21-16/h2-3,6,8,13,18H,4-5,7,9H2,1H3. The zero-order valence-electron chi connectivity index (χ0n) is 11.8. The van der Waals surface area contributed by atoms with Crippen molar-refractivity contribution in [3.05, 3.63) is 50.2 Å². The molecule has 5 heteroatoms. The Morgan fingerprint density at radius 3 is 3.00 bits per heavy atom. The van der Waals surface area contributed by atoms with Crippen LogP contribution in [0.2, 0.25) is 5.02 Å². The first-order valence-electron chi connectivity index (χ1n) is 6.87.